The van der Waals surface area contributed by atoms with E-state index in [-0.39, 0.29) is 23.2 Å². The van der Waals surface area contributed by atoms with E-state index in [0.717, 1.165) is 22.9 Å². The Morgan fingerprint density at radius 3 is 2.23 bits per heavy atom. The summed E-state index contributed by atoms with van der Waals surface area (Å²) in [5, 5.41) is 3.05. The van der Waals surface area contributed by atoms with Crippen LogP contribution in [0.3, 0.4) is 0 Å². The van der Waals surface area contributed by atoms with Crippen molar-refractivity contribution in [2.75, 3.05) is 0 Å². The molecule has 0 aromatic heterocycles. The van der Waals surface area contributed by atoms with E-state index >= 15 is 0 Å². The fraction of sp³-hybridized carbons (Fsp3) is 0.588. The summed E-state index contributed by atoms with van der Waals surface area (Å²) in [6.45, 7) is 8.89. The van der Waals surface area contributed by atoms with Crippen molar-refractivity contribution >= 4 is 22.0 Å². The maximum absolute atomic E-state index is 12.7. The number of nitrogens with two attached hydrogens (primary N) is 1. The molecule has 1 saturated heterocycles. The number of carbonyl (C=O) groups is 1. The molecule has 3 N–H and O–H groups in total. The molecule has 1 aromatic rings. The number of halogens is 1. The molecule has 2 amide bonds. The molecule has 22 heavy (non-hydrogen) atoms. The molecule has 122 valence electrons. The fourth-order valence-corrected chi connectivity index (χ4v) is 4.03. The highest BCUT2D eigenvalue weighted by atomic mass is 79.9. The molecule has 0 unspecified atom stereocenters. The van der Waals surface area contributed by atoms with Gasteiger partial charge in [-0.3, -0.25) is 0 Å². The third-order valence-electron chi connectivity index (χ3n) is 4.29. The molecule has 1 aliphatic rings. The summed E-state index contributed by atoms with van der Waals surface area (Å²) in [4.78, 5) is 14.7. The number of rotatable bonds is 2. The predicted molar refractivity (Wildman–Crippen MR) is 93.6 cm³/mol. The molecule has 1 aliphatic heterocycles. The minimum Gasteiger partial charge on any atom is -0.334 e. The van der Waals surface area contributed by atoms with E-state index in [1.807, 2.05) is 29.2 Å². The lowest BCUT2D eigenvalue weighted by Gasteiger charge is -2.54. The molecule has 0 spiro atoms. The second kappa shape index (κ2) is 6.20. The number of piperidine rings is 1. The lowest BCUT2D eigenvalue weighted by atomic mass is 9.77. The third kappa shape index (κ3) is 3.82. The zero-order chi connectivity index (χ0) is 16.5. The number of benzene rings is 1. The van der Waals surface area contributed by atoms with Gasteiger partial charge in [-0.2, -0.15) is 0 Å². The SMILES string of the molecule is CC1(C)CC(N)CC(C)(C)N1C(=O)NCc1ccc(Br)cc1. The second-order valence-electron chi connectivity index (χ2n) is 7.41. The van der Waals surface area contributed by atoms with E-state index in [4.69, 9.17) is 5.73 Å². The summed E-state index contributed by atoms with van der Waals surface area (Å²) in [6, 6.07) is 8.09. The number of urea groups is 1. The van der Waals surface area contributed by atoms with Crippen molar-refractivity contribution in [3.8, 4) is 0 Å². The molecule has 0 saturated carbocycles. The van der Waals surface area contributed by atoms with E-state index < -0.39 is 0 Å². The maximum atomic E-state index is 12.7. The van der Waals surface area contributed by atoms with Crippen molar-refractivity contribution in [3.05, 3.63) is 34.3 Å². The summed E-state index contributed by atoms with van der Waals surface area (Å²) in [6.07, 6.45) is 1.64. The van der Waals surface area contributed by atoms with Crippen LogP contribution in [0.4, 0.5) is 4.79 Å². The van der Waals surface area contributed by atoms with E-state index in [0.29, 0.717) is 6.54 Å². The van der Waals surface area contributed by atoms with Crippen molar-refractivity contribution in [2.45, 2.75) is 64.2 Å². The predicted octanol–water partition coefficient (Wildman–Crippen LogP) is 3.64. The molecule has 0 radical (unpaired) electrons. The Balaban J connectivity index is 2.08. The Kier molecular flexibility index (Phi) is 4.87. The smallest absolute Gasteiger partial charge is 0.318 e. The molecular weight excluding hydrogens is 342 g/mol. The molecule has 0 aliphatic carbocycles. The van der Waals surface area contributed by atoms with Crippen LogP contribution in [-0.2, 0) is 6.54 Å². The molecule has 5 heteroatoms. The quantitative estimate of drug-likeness (QED) is 0.837. The first-order valence-corrected chi connectivity index (χ1v) is 8.49. The maximum Gasteiger partial charge on any atom is 0.318 e. The van der Waals surface area contributed by atoms with Crippen LogP contribution in [0, 0.1) is 0 Å². The topological polar surface area (TPSA) is 58.4 Å². The van der Waals surface area contributed by atoms with E-state index in [1.54, 1.807) is 0 Å². The van der Waals surface area contributed by atoms with Crippen LogP contribution in [0.2, 0.25) is 0 Å². The Labute approximate surface area is 141 Å². The van der Waals surface area contributed by atoms with Crippen LogP contribution in [0.5, 0.6) is 0 Å². The molecular formula is C17H26BrN3O. The monoisotopic (exact) mass is 367 g/mol. The number of amides is 2. The van der Waals surface area contributed by atoms with Gasteiger partial charge in [-0.25, -0.2) is 4.79 Å². The summed E-state index contributed by atoms with van der Waals surface area (Å²) >= 11 is 3.42. The fourth-order valence-electron chi connectivity index (χ4n) is 3.77. The summed E-state index contributed by atoms with van der Waals surface area (Å²) in [5.74, 6) is 0. The van der Waals surface area contributed by atoms with Gasteiger partial charge in [0.15, 0.2) is 0 Å². The number of hydrogen-bond acceptors (Lipinski definition) is 2. The Morgan fingerprint density at radius 2 is 1.73 bits per heavy atom. The molecule has 1 fully saturated rings. The number of nitrogens with zero attached hydrogens (tertiary/aromatic N) is 1. The third-order valence-corrected chi connectivity index (χ3v) is 4.82. The lowest BCUT2D eigenvalue weighted by molar-refractivity contribution is 0.00299. The zero-order valence-corrected chi connectivity index (χ0v) is 15.4. The highest BCUT2D eigenvalue weighted by Gasteiger charge is 2.46. The van der Waals surface area contributed by atoms with Crippen LogP contribution >= 0.6 is 15.9 Å². The first kappa shape index (κ1) is 17.3. The highest BCUT2D eigenvalue weighted by Crippen LogP contribution is 2.37. The summed E-state index contributed by atoms with van der Waals surface area (Å²) in [7, 11) is 0. The number of hydrogen-bond donors (Lipinski definition) is 2. The summed E-state index contributed by atoms with van der Waals surface area (Å²) in [5.41, 5.74) is 6.76. The van der Waals surface area contributed by atoms with Gasteiger partial charge in [0.25, 0.3) is 0 Å². The average Bonchev–Trinajstić information content (AvgIpc) is 2.34. The van der Waals surface area contributed by atoms with Crippen LogP contribution in [0.15, 0.2) is 28.7 Å². The molecule has 2 rings (SSSR count). The van der Waals surface area contributed by atoms with Gasteiger partial charge >= 0.3 is 6.03 Å². The normalized spacial score (nSPS) is 20.7. The minimum atomic E-state index is -0.245. The van der Waals surface area contributed by atoms with Crippen molar-refractivity contribution in [3.63, 3.8) is 0 Å². The number of nitrogens with one attached hydrogen (secondary N) is 1. The first-order valence-electron chi connectivity index (χ1n) is 7.70. The van der Waals surface area contributed by atoms with Crippen molar-refractivity contribution in [2.24, 2.45) is 5.73 Å². The van der Waals surface area contributed by atoms with Crippen molar-refractivity contribution < 1.29 is 4.79 Å². The molecule has 4 nitrogen and oxygen atoms in total. The highest BCUT2D eigenvalue weighted by molar-refractivity contribution is 9.10. The van der Waals surface area contributed by atoms with Gasteiger partial charge < -0.3 is 16.0 Å². The second-order valence-corrected chi connectivity index (χ2v) is 8.33. The van der Waals surface area contributed by atoms with Crippen molar-refractivity contribution in [1.82, 2.24) is 10.2 Å². The Morgan fingerprint density at radius 1 is 1.23 bits per heavy atom. The van der Waals surface area contributed by atoms with E-state index in [9.17, 15) is 4.79 Å². The Bertz CT molecular complexity index is 521. The van der Waals surface area contributed by atoms with Gasteiger partial charge in [0.1, 0.15) is 0 Å². The van der Waals surface area contributed by atoms with Gasteiger partial charge in [0.05, 0.1) is 0 Å². The minimum absolute atomic E-state index is 0.0233. The zero-order valence-electron chi connectivity index (χ0n) is 13.8. The van der Waals surface area contributed by atoms with Gasteiger partial charge in [-0.15, -0.1) is 0 Å². The average molecular weight is 368 g/mol. The van der Waals surface area contributed by atoms with Crippen LogP contribution in [0.1, 0.15) is 46.1 Å². The van der Waals surface area contributed by atoms with Crippen LogP contribution in [-0.4, -0.2) is 28.1 Å². The van der Waals surface area contributed by atoms with E-state index in [1.165, 1.54) is 0 Å². The van der Waals surface area contributed by atoms with Crippen LogP contribution < -0.4 is 11.1 Å². The standard InChI is InChI=1S/C17H26BrN3O/c1-16(2)9-14(19)10-17(3,4)21(16)15(22)20-11-12-5-7-13(18)8-6-12/h5-8,14H,9-11,19H2,1-4H3,(H,20,22). The molecule has 1 aromatic carbocycles. The molecule has 0 atom stereocenters. The number of likely N-dealkylation sites (tertiary alicyclic amines) is 1. The molecule has 1 heterocycles. The van der Waals surface area contributed by atoms with Gasteiger partial charge in [0, 0.05) is 28.1 Å². The lowest BCUT2D eigenvalue weighted by Crippen LogP contribution is -2.66. The molecule has 0 bridgehead atoms. The van der Waals surface area contributed by atoms with Crippen LogP contribution in [0.25, 0.3) is 0 Å². The first-order chi connectivity index (χ1) is 10.1. The number of carbonyl (C=O) groups excluding carboxylic acids is 1. The van der Waals surface area contributed by atoms with Gasteiger partial charge in [-0.1, -0.05) is 28.1 Å². The van der Waals surface area contributed by atoms with Crippen molar-refractivity contribution in [1.29, 1.82) is 0 Å². The summed E-state index contributed by atoms with van der Waals surface area (Å²) < 4.78 is 1.04. The van der Waals surface area contributed by atoms with Gasteiger partial charge in [0.2, 0.25) is 0 Å². The van der Waals surface area contributed by atoms with Gasteiger partial charge in [-0.05, 0) is 58.2 Å². The Hall–Kier alpha value is -1.07. The van der Waals surface area contributed by atoms with E-state index in [2.05, 4.69) is 48.9 Å². The largest absolute Gasteiger partial charge is 0.334 e.